The maximum Gasteiger partial charge on any atom is 0.254 e. The molecule has 2 aliphatic rings. The Morgan fingerprint density at radius 2 is 1.79 bits per heavy atom. The minimum atomic E-state index is -2.50. The van der Waals surface area contributed by atoms with Gasteiger partial charge in [0.25, 0.3) is 11.8 Å². The van der Waals surface area contributed by atoms with E-state index < -0.39 is 5.92 Å². The van der Waals surface area contributed by atoms with Crippen LogP contribution in [0.3, 0.4) is 0 Å². The SMILES string of the molecule is CC(C)c1cc2c(cc1OCCCN1CCC(F)(F)CC1)C(=O)N(C(C)C)CC2. The van der Waals surface area contributed by atoms with Gasteiger partial charge in [-0.25, -0.2) is 8.78 Å². The summed E-state index contributed by atoms with van der Waals surface area (Å²) in [6.45, 7) is 11.3. The van der Waals surface area contributed by atoms with E-state index in [4.69, 9.17) is 4.74 Å². The molecule has 0 N–H and O–H groups in total. The van der Waals surface area contributed by atoms with Crippen LogP contribution in [0.4, 0.5) is 8.78 Å². The second-order valence-corrected chi connectivity index (χ2v) is 8.94. The smallest absolute Gasteiger partial charge is 0.254 e. The largest absolute Gasteiger partial charge is 0.493 e. The fraction of sp³-hybridized carbons (Fsp3) is 0.696. The van der Waals surface area contributed by atoms with Crippen molar-refractivity contribution in [2.75, 3.05) is 32.8 Å². The van der Waals surface area contributed by atoms with Gasteiger partial charge in [0.15, 0.2) is 0 Å². The molecule has 1 aromatic rings. The molecule has 2 aliphatic heterocycles. The number of alkyl halides is 2. The van der Waals surface area contributed by atoms with Crippen LogP contribution in [0, 0.1) is 0 Å². The monoisotopic (exact) mass is 408 g/mol. The Morgan fingerprint density at radius 1 is 1.10 bits per heavy atom. The quantitative estimate of drug-likeness (QED) is 0.612. The standard InChI is InChI=1S/C23H34F2N2O2/c1-16(2)19-14-18-6-10-27(17(3)4)22(28)20(18)15-21(19)29-13-5-9-26-11-7-23(24,25)8-12-26/h14-17H,5-13H2,1-4H3. The molecule has 0 atom stereocenters. The van der Waals surface area contributed by atoms with Gasteiger partial charge in [-0.15, -0.1) is 0 Å². The molecule has 0 spiro atoms. The molecular formula is C23H34F2N2O2. The number of nitrogens with zero attached hydrogens (tertiary/aromatic N) is 2. The first kappa shape index (κ1) is 22.0. The first-order valence-electron chi connectivity index (χ1n) is 10.9. The summed E-state index contributed by atoms with van der Waals surface area (Å²) in [6, 6.07) is 4.24. The van der Waals surface area contributed by atoms with Crippen LogP contribution in [0.25, 0.3) is 0 Å². The molecular weight excluding hydrogens is 374 g/mol. The van der Waals surface area contributed by atoms with E-state index in [2.05, 4.69) is 24.8 Å². The maximum atomic E-state index is 13.3. The zero-order valence-electron chi connectivity index (χ0n) is 18.1. The molecule has 1 fully saturated rings. The molecule has 0 aromatic heterocycles. The van der Waals surface area contributed by atoms with Crippen molar-refractivity contribution < 1.29 is 18.3 Å². The molecule has 1 aromatic carbocycles. The summed E-state index contributed by atoms with van der Waals surface area (Å²) < 4.78 is 32.6. The van der Waals surface area contributed by atoms with E-state index in [1.165, 1.54) is 0 Å². The van der Waals surface area contributed by atoms with Crippen LogP contribution < -0.4 is 4.74 Å². The number of carbonyl (C=O) groups excluding carboxylic acids is 1. The number of halogens is 2. The number of ether oxygens (including phenoxy) is 1. The number of piperidine rings is 1. The van der Waals surface area contributed by atoms with Gasteiger partial charge in [0.05, 0.1) is 6.61 Å². The second-order valence-electron chi connectivity index (χ2n) is 8.94. The van der Waals surface area contributed by atoms with Gasteiger partial charge in [0.1, 0.15) is 5.75 Å². The molecule has 0 bridgehead atoms. The Labute approximate surface area is 173 Å². The predicted molar refractivity (Wildman–Crippen MR) is 111 cm³/mol. The van der Waals surface area contributed by atoms with Gasteiger partial charge >= 0.3 is 0 Å². The lowest BCUT2D eigenvalue weighted by Gasteiger charge is -2.33. The highest BCUT2D eigenvalue weighted by Crippen LogP contribution is 2.33. The first-order chi connectivity index (χ1) is 13.7. The third-order valence-electron chi connectivity index (χ3n) is 6.06. The molecule has 4 nitrogen and oxygen atoms in total. The van der Waals surface area contributed by atoms with Gasteiger partial charge < -0.3 is 14.5 Å². The molecule has 0 unspecified atom stereocenters. The van der Waals surface area contributed by atoms with Crippen LogP contribution in [0.1, 0.15) is 74.4 Å². The number of rotatable bonds is 7. The highest BCUT2D eigenvalue weighted by molar-refractivity contribution is 5.97. The lowest BCUT2D eigenvalue weighted by atomic mass is 9.91. The van der Waals surface area contributed by atoms with E-state index >= 15 is 0 Å². The number of carbonyl (C=O) groups is 1. The number of amides is 1. The minimum Gasteiger partial charge on any atom is -0.493 e. The van der Waals surface area contributed by atoms with Gasteiger partial charge in [-0.1, -0.05) is 19.9 Å². The summed E-state index contributed by atoms with van der Waals surface area (Å²) in [5.74, 6) is -1.34. The maximum absolute atomic E-state index is 13.3. The van der Waals surface area contributed by atoms with E-state index in [1.54, 1.807) is 0 Å². The molecule has 162 valence electrons. The summed E-state index contributed by atoms with van der Waals surface area (Å²) in [7, 11) is 0. The van der Waals surface area contributed by atoms with E-state index in [0.717, 1.165) is 48.4 Å². The first-order valence-corrected chi connectivity index (χ1v) is 10.9. The lowest BCUT2D eigenvalue weighted by molar-refractivity contribution is -0.0554. The van der Waals surface area contributed by atoms with Crippen molar-refractivity contribution in [1.29, 1.82) is 0 Å². The van der Waals surface area contributed by atoms with Crippen molar-refractivity contribution in [2.45, 2.75) is 71.3 Å². The normalized spacial score (nSPS) is 19.7. The van der Waals surface area contributed by atoms with Crippen molar-refractivity contribution in [3.05, 3.63) is 28.8 Å². The number of likely N-dealkylation sites (tertiary alicyclic amines) is 1. The second kappa shape index (κ2) is 8.99. The Bertz CT molecular complexity index is 724. The molecule has 29 heavy (non-hydrogen) atoms. The van der Waals surface area contributed by atoms with Gasteiger partial charge in [0.2, 0.25) is 0 Å². The average Bonchev–Trinajstić information content (AvgIpc) is 2.66. The van der Waals surface area contributed by atoms with Gasteiger partial charge in [-0.2, -0.15) is 0 Å². The highest BCUT2D eigenvalue weighted by Gasteiger charge is 2.33. The Hall–Kier alpha value is -1.69. The summed E-state index contributed by atoms with van der Waals surface area (Å²) in [5.41, 5.74) is 2.99. The van der Waals surface area contributed by atoms with Crippen molar-refractivity contribution in [2.24, 2.45) is 0 Å². The van der Waals surface area contributed by atoms with E-state index in [0.29, 0.717) is 25.6 Å². The number of hydrogen-bond acceptors (Lipinski definition) is 3. The fourth-order valence-corrected chi connectivity index (χ4v) is 4.19. The van der Waals surface area contributed by atoms with Gasteiger partial charge in [-0.05, 0) is 49.8 Å². The van der Waals surface area contributed by atoms with Crippen molar-refractivity contribution >= 4 is 5.91 Å². The number of benzene rings is 1. The van der Waals surface area contributed by atoms with E-state index in [9.17, 15) is 13.6 Å². The van der Waals surface area contributed by atoms with E-state index in [-0.39, 0.29) is 24.8 Å². The van der Waals surface area contributed by atoms with Crippen LogP contribution in [0.15, 0.2) is 12.1 Å². The molecule has 3 rings (SSSR count). The highest BCUT2D eigenvalue weighted by atomic mass is 19.3. The Balaban J connectivity index is 1.63. The van der Waals surface area contributed by atoms with E-state index in [1.807, 2.05) is 24.8 Å². The summed E-state index contributed by atoms with van der Waals surface area (Å²) in [4.78, 5) is 16.9. The van der Waals surface area contributed by atoms with Crippen LogP contribution in [-0.2, 0) is 6.42 Å². The zero-order chi connectivity index (χ0) is 21.2. The molecule has 0 saturated carbocycles. The molecule has 6 heteroatoms. The van der Waals surface area contributed by atoms with Crippen molar-refractivity contribution in [3.8, 4) is 5.75 Å². The molecule has 0 aliphatic carbocycles. The molecule has 0 radical (unpaired) electrons. The lowest BCUT2D eigenvalue weighted by Crippen LogP contribution is -2.42. The molecule has 2 heterocycles. The molecule has 1 amide bonds. The van der Waals surface area contributed by atoms with Crippen LogP contribution >= 0.6 is 0 Å². The van der Waals surface area contributed by atoms with Gasteiger partial charge in [0, 0.05) is 50.6 Å². The number of hydrogen-bond donors (Lipinski definition) is 0. The summed E-state index contributed by atoms with van der Waals surface area (Å²) in [5, 5.41) is 0. The third-order valence-corrected chi connectivity index (χ3v) is 6.06. The number of fused-ring (bicyclic) bond motifs is 1. The Kier molecular flexibility index (Phi) is 6.82. The summed E-state index contributed by atoms with van der Waals surface area (Å²) in [6.07, 6.45) is 1.56. The fourth-order valence-electron chi connectivity index (χ4n) is 4.19. The zero-order valence-corrected chi connectivity index (χ0v) is 18.1. The van der Waals surface area contributed by atoms with Crippen molar-refractivity contribution in [1.82, 2.24) is 9.80 Å². The minimum absolute atomic E-state index is 0.0510. The summed E-state index contributed by atoms with van der Waals surface area (Å²) >= 11 is 0. The average molecular weight is 409 g/mol. The van der Waals surface area contributed by atoms with Crippen molar-refractivity contribution in [3.63, 3.8) is 0 Å². The Morgan fingerprint density at radius 3 is 2.41 bits per heavy atom. The van der Waals surface area contributed by atoms with Gasteiger partial charge in [-0.3, -0.25) is 4.79 Å². The molecule has 1 saturated heterocycles. The van der Waals surface area contributed by atoms with Crippen LogP contribution in [-0.4, -0.2) is 60.5 Å². The third kappa shape index (κ3) is 5.27. The van der Waals surface area contributed by atoms with Crippen LogP contribution in [0.5, 0.6) is 5.75 Å². The topological polar surface area (TPSA) is 32.8 Å². The predicted octanol–water partition coefficient (Wildman–Crippen LogP) is 4.72. The van der Waals surface area contributed by atoms with Crippen LogP contribution in [0.2, 0.25) is 0 Å².